The molecule has 1 N–H and O–H groups in total. The van der Waals surface area contributed by atoms with Crippen LogP contribution in [0.3, 0.4) is 0 Å². The van der Waals surface area contributed by atoms with E-state index in [2.05, 4.69) is 15.9 Å². The molecule has 2 rings (SSSR count). The van der Waals surface area contributed by atoms with Gasteiger partial charge in [-0.1, -0.05) is 19.3 Å². The van der Waals surface area contributed by atoms with E-state index in [0.717, 1.165) is 23.7 Å². The van der Waals surface area contributed by atoms with E-state index in [4.69, 9.17) is 0 Å². The highest BCUT2D eigenvalue weighted by Crippen LogP contribution is 2.34. The lowest BCUT2D eigenvalue weighted by Gasteiger charge is -2.30. The molecule has 82 valence electrons. The van der Waals surface area contributed by atoms with Crippen molar-refractivity contribution in [1.82, 2.24) is 0 Å². The van der Waals surface area contributed by atoms with Crippen LogP contribution in [0.2, 0.25) is 0 Å². The minimum Gasteiger partial charge on any atom is -0.382 e. The SMILES string of the molecule is O=C(c1sccc1Br)C1(O)CCCCC1. The molecule has 1 heterocycles. The third-order valence-electron chi connectivity index (χ3n) is 2.93. The molecular weight excluding hydrogens is 276 g/mol. The molecule has 0 atom stereocenters. The van der Waals surface area contributed by atoms with Crippen molar-refractivity contribution >= 4 is 33.0 Å². The topological polar surface area (TPSA) is 37.3 Å². The summed E-state index contributed by atoms with van der Waals surface area (Å²) in [7, 11) is 0. The maximum Gasteiger partial charge on any atom is 0.205 e. The Balaban J connectivity index is 2.23. The molecule has 1 aromatic rings. The first-order valence-electron chi connectivity index (χ1n) is 5.14. The number of rotatable bonds is 2. The molecule has 0 unspecified atom stereocenters. The molecule has 1 aliphatic carbocycles. The summed E-state index contributed by atoms with van der Waals surface area (Å²) >= 11 is 4.73. The summed E-state index contributed by atoms with van der Waals surface area (Å²) in [4.78, 5) is 12.8. The van der Waals surface area contributed by atoms with Gasteiger partial charge in [0, 0.05) is 4.47 Å². The van der Waals surface area contributed by atoms with Gasteiger partial charge in [0.05, 0.1) is 4.88 Å². The van der Waals surface area contributed by atoms with Crippen molar-refractivity contribution in [1.29, 1.82) is 0 Å². The fourth-order valence-corrected chi connectivity index (χ4v) is 3.62. The molecule has 1 aromatic heterocycles. The number of aliphatic hydroxyl groups is 1. The summed E-state index contributed by atoms with van der Waals surface area (Å²) in [6, 6.07) is 1.85. The zero-order valence-corrected chi connectivity index (χ0v) is 10.7. The largest absolute Gasteiger partial charge is 0.382 e. The zero-order chi connectivity index (χ0) is 10.9. The van der Waals surface area contributed by atoms with Gasteiger partial charge < -0.3 is 5.11 Å². The van der Waals surface area contributed by atoms with Gasteiger partial charge in [0.1, 0.15) is 5.60 Å². The van der Waals surface area contributed by atoms with E-state index in [1.165, 1.54) is 11.3 Å². The van der Waals surface area contributed by atoms with Crippen LogP contribution >= 0.6 is 27.3 Å². The first-order valence-corrected chi connectivity index (χ1v) is 6.81. The highest BCUT2D eigenvalue weighted by Gasteiger charge is 2.38. The van der Waals surface area contributed by atoms with E-state index in [0.29, 0.717) is 17.7 Å². The van der Waals surface area contributed by atoms with E-state index in [1.54, 1.807) is 0 Å². The van der Waals surface area contributed by atoms with E-state index < -0.39 is 5.60 Å². The van der Waals surface area contributed by atoms with Crippen LogP contribution in [0.5, 0.6) is 0 Å². The molecule has 0 spiro atoms. The summed E-state index contributed by atoms with van der Waals surface area (Å²) < 4.78 is 0.802. The molecule has 0 radical (unpaired) electrons. The van der Waals surface area contributed by atoms with Gasteiger partial charge in [0.15, 0.2) is 0 Å². The number of carbonyl (C=O) groups is 1. The van der Waals surface area contributed by atoms with Crippen LogP contribution in [0.1, 0.15) is 41.8 Å². The van der Waals surface area contributed by atoms with Crippen LogP contribution in [0.4, 0.5) is 0 Å². The van der Waals surface area contributed by atoms with Crippen LogP contribution in [-0.4, -0.2) is 16.5 Å². The molecule has 0 aliphatic heterocycles. The molecule has 0 bridgehead atoms. The molecular formula is C11H13BrO2S. The number of carbonyl (C=O) groups excluding carboxylic acids is 1. The molecule has 1 fully saturated rings. The van der Waals surface area contributed by atoms with Gasteiger partial charge >= 0.3 is 0 Å². The van der Waals surface area contributed by atoms with E-state index in [-0.39, 0.29) is 5.78 Å². The summed E-state index contributed by atoms with van der Waals surface area (Å²) in [6.45, 7) is 0. The van der Waals surface area contributed by atoms with Gasteiger partial charge in [0.2, 0.25) is 5.78 Å². The van der Waals surface area contributed by atoms with Gasteiger partial charge in [0.25, 0.3) is 0 Å². The maximum atomic E-state index is 12.1. The van der Waals surface area contributed by atoms with Gasteiger partial charge in [-0.3, -0.25) is 4.79 Å². The Morgan fingerprint density at radius 1 is 1.40 bits per heavy atom. The number of ketones is 1. The minimum atomic E-state index is -1.11. The van der Waals surface area contributed by atoms with Crippen molar-refractivity contribution in [2.24, 2.45) is 0 Å². The predicted molar refractivity (Wildman–Crippen MR) is 64.4 cm³/mol. The molecule has 1 aliphatic rings. The summed E-state index contributed by atoms with van der Waals surface area (Å²) in [5.41, 5.74) is -1.11. The summed E-state index contributed by atoms with van der Waals surface area (Å²) in [5.74, 6) is -0.107. The van der Waals surface area contributed by atoms with Gasteiger partial charge in [-0.25, -0.2) is 0 Å². The van der Waals surface area contributed by atoms with E-state index in [1.807, 2.05) is 11.4 Å². The molecule has 0 aromatic carbocycles. The third kappa shape index (κ3) is 2.17. The second-order valence-corrected chi connectivity index (χ2v) is 5.79. The van der Waals surface area contributed by atoms with Crippen molar-refractivity contribution < 1.29 is 9.90 Å². The molecule has 15 heavy (non-hydrogen) atoms. The lowest BCUT2D eigenvalue weighted by atomic mass is 9.81. The predicted octanol–water partition coefficient (Wildman–Crippen LogP) is 3.39. The van der Waals surface area contributed by atoms with Crippen LogP contribution in [-0.2, 0) is 0 Å². The Morgan fingerprint density at radius 2 is 2.07 bits per heavy atom. The van der Waals surface area contributed by atoms with Gasteiger partial charge in [-0.05, 0) is 40.2 Å². The lowest BCUT2D eigenvalue weighted by Crippen LogP contribution is -2.40. The minimum absolute atomic E-state index is 0.107. The van der Waals surface area contributed by atoms with Crippen LogP contribution in [0.15, 0.2) is 15.9 Å². The summed E-state index contributed by atoms with van der Waals surface area (Å²) in [5, 5.41) is 12.1. The molecule has 2 nitrogen and oxygen atoms in total. The quantitative estimate of drug-likeness (QED) is 0.847. The van der Waals surface area contributed by atoms with Crippen LogP contribution in [0.25, 0.3) is 0 Å². The smallest absolute Gasteiger partial charge is 0.205 e. The van der Waals surface area contributed by atoms with Crippen molar-refractivity contribution in [3.05, 3.63) is 20.8 Å². The second-order valence-electron chi connectivity index (χ2n) is 4.02. The van der Waals surface area contributed by atoms with Crippen molar-refractivity contribution in [3.8, 4) is 0 Å². The fourth-order valence-electron chi connectivity index (χ4n) is 2.03. The first-order chi connectivity index (χ1) is 7.13. The Bertz CT molecular complexity index is 366. The van der Waals surface area contributed by atoms with E-state index >= 15 is 0 Å². The maximum absolute atomic E-state index is 12.1. The summed E-state index contributed by atoms with van der Waals surface area (Å²) in [6.07, 6.45) is 4.24. The highest BCUT2D eigenvalue weighted by molar-refractivity contribution is 9.10. The molecule has 0 amide bonds. The third-order valence-corrected chi connectivity index (χ3v) is 4.76. The van der Waals surface area contributed by atoms with Crippen molar-refractivity contribution in [3.63, 3.8) is 0 Å². The standard InChI is InChI=1S/C11H13BrO2S/c12-8-4-7-15-9(8)10(13)11(14)5-2-1-3-6-11/h4,7,14H,1-3,5-6H2. The Labute approximate surface area is 101 Å². The van der Waals surface area contributed by atoms with E-state index in [9.17, 15) is 9.90 Å². The Morgan fingerprint density at radius 3 is 2.60 bits per heavy atom. The highest BCUT2D eigenvalue weighted by atomic mass is 79.9. The fraction of sp³-hybridized carbons (Fsp3) is 0.545. The normalized spacial score (nSPS) is 20.1. The average Bonchev–Trinajstić information content (AvgIpc) is 2.64. The second kappa shape index (κ2) is 4.36. The van der Waals surface area contributed by atoms with Gasteiger partial charge in [-0.15, -0.1) is 11.3 Å². The lowest BCUT2D eigenvalue weighted by molar-refractivity contribution is 0.0119. The van der Waals surface area contributed by atoms with Crippen molar-refractivity contribution in [2.75, 3.05) is 0 Å². The number of halogens is 1. The number of hydrogen-bond donors (Lipinski definition) is 1. The molecule has 1 saturated carbocycles. The molecule has 4 heteroatoms. The number of Topliss-reactive ketones (excluding diaryl/α,β-unsaturated/α-hetero) is 1. The van der Waals surface area contributed by atoms with Crippen LogP contribution < -0.4 is 0 Å². The number of thiophene rings is 1. The Hall–Kier alpha value is -0.190. The van der Waals surface area contributed by atoms with Crippen LogP contribution in [0, 0.1) is 0 Å². The van der Waals surface area contributed by atoms with Crippen molar-refractivity contribution in [2.45, 2.75) is 37.7 Å². The zero-order valence-electron chi connectivity index (χ0n) is 8.33. The molecule has 0 saturated heterocycles. The van der Waals surface area contributed by atoms with Gasteiger partial charge in [-0.2, -0.15) is 0 Å². The monoisotopic (exact) mass is 288 g/mol. The Kier molecular flexibility index (Phi) is 3.28. The number of hydrogen-bond acceptors (Lipinski definition) is 3. The average molecular weight is 289 g/mol. The first kappa shape index (κ1) is 11.3.